The molecular weight excluding hydrogens is 417 g/mol. The summed E-state index contributed by atoms with van der Waals surface area (Å²) in [6, 6.07) is 21.1. The maximum Gasteiger partial charge on any atom is 0.255 e. The summed E-state index contributed by atoms with van der Waals surface area (Å²) >= 11 is 0. The normalized spacial score (nSPS) is 13.3. The largest absolute Gasteiger partial charge is 0.365 e. The summed E-state index contributed by atoms with van der Waals surface area (Å²) in [5.41, 5.74) is 3.07. The molecule has 1 amide bonds. The second-order valence-electron chi connectivity index (χ2n) is 8.10. The molecule has 2 heterocycles. The second kappa shape index (κ2) is 9.24. The van der Waals surface area contributed by atoms with Gasteiger partial charge in [0.1, 0.15) is 11.6 Å². The van der Waals surface area contributed by atoms with Gasteiger partial charge in [0, 0.05) is 36.3 Å². The fraction of sp³-hybridized carbons (Fsp3) is 0.192. The van der Waals surface area contributed by atoms with E-state index in [-0.39, 0.29) is 11.7 Å². The van der Waals surface area contributed by atoms with E-state index in [9.17, 15) is 9.18 Å². The summed E-state index contributed by atoms with van der Waals surface area (Å²) in [6.07, 6.45) is 2.34. The molecule has 4 aromatic rings. The number of hydrogen-bond donors (Lipinski definition) is 2. The molecule has 1 aliphatic heterocycles. The third kappa shape index (κ3) is 4.77. The smallest absolute Gasteiger partial charge is 0.255 e. The van der Waals surface area contributed by atoms with E-state index < -0.39 is 0 Å². The highest BCUT2D eigenvalue weighted by atomic mass is 19.1. The zero-order chi connectivity index (χ0) is 22.6. The number of nitrogens with zero attached hydrogens (tertiary/aromatic N) is 3. The van der Waals surface area contributed by atoms with Crippen molar-refractivity contribution < 1.29 is 9.18 Å². The number of amides is 1. The van der Waals surface area contributed by atoms with Gasteiger partial charge in [-0.1, -0.05) is 24.3 Å². The van der Waals surface area contributed by atoms with Gasteiger partial charge < -0.3 is 15.5 Å². The molecule has 3 aromatic carbocycles. The van der Waals surface area contributed by atoms with E-state index in [1.54, 1.807) is 0 Å². The van der Waals surface area contributed by atoms with Gasteiger partial charge in [-0.3, -0.25) is 4.79 Å². The maximum absolute atomic E-state index is 13.1. The molecule has 33 heavy (non-hydrogen) atoms. The van der Waals surface area contributed by atoms with Crippen molar-refractivity contribution in [1.29, 1.82) is 0 Å². The average molecular weight is 442 g/mol. The molecule has 2 N–H and O–H groups in total. The Labute approximate surface area is 191 Å². The molecule has 0 aliphatic carbocycles. The van der Waals surface area contributed by atoms with Gasteiger partial charge in [-0.05, 0) is 66.9 Å². The lowest BCUT2D eigenvalue weighted by atomic mass is 10.1. The summed E-state index contributed by atoms with van der Waals surface area (Å²) in [4.78, 5) is 24.1. The number of para-hydroxylation sites is 1. The first-order valence-electron chi connectivity index (χ1n) is 11.1. The predicted octanol–water partition coefficient (Wildman–Crippen LogP) is 5.23. The van der Waals surface area contributed by atoms with E-state index in [0.29, 0.717) is 17.8 Å². The van der Waals surface area contributed by atoms with Crippen molar-refractivity contribution in [3.05, 3.63) is 89.7 Å². The van der Waals surface area contributed by atoms with Crippen LogP contribution in [0.25, 0.3) is 10.9 Å². The van der Waals surface area contributed by atoms with Crippen molar-refractivity contribution in [2.24, 2.45) is 0 Å². The van der Waals surface area contributed by atoms with Crippen molar-refractivity contribution in [2.75, 3.05) is 28.6 Å². The maximum atomic E-state index is 13.1. The Kier molecular flexibility index (Phi) is 5.85. The summed E-state index contributed by atoms with van der Waals surface area (Å²) in [5, 5.41) is 7.28. The molecule has 0 spiro atoms. The zero-order valence-corrected chi connectivity index (χ0v) is 18.1. The molecule has 5 rings (SSSR count). The Balaban J connectivity index is 1.28. The fourth-order valence-corrected chi connectivity index (χ4v) is 3.95. The van der Waals surface area contributed by atoms with Crippen molar-refractivity contribution >= 4 is 34.3 Å². The molecule has 1 saturated heterocycles. The number of rotatable bonds is 6. The monoisotopic (exact) mass is 441 g/mol. The number of fused-ring (bicyclic) bond motifs is 1. The first-order chi connectivity index (χ1) is 16.2. The number of carbonyl (C=O) groups excluding carboxylic acids is 1. The summed E-state index contributed by atoms with van der Waals surface area (Å²) in [5.74, 6) is 0.943. The van der Waals surface area contributed by atoms with Crippen LogP contribution >= 0.6 is 0 Å². The number of hydrogen-bond acceptors (Lipinski definition) is 5. The zero-order valence-electron chi connectivity index (χ0n) is 18.1. The van der Waals surface area contributed by atoms with E-state index in [0.717, 1.165) is 41.3 Å². The average Bonchev–Trinajstić information content (AvgIpc) is 3.39. The van der Waals surface area contributed by atoms with Crippen LogP contribution in [-0.4, -0.2) is 29.0 Å². The molecule has 0 bridgehead atoms. The van der Waals surface area contributed by atoms with Crippen molar-refractivity contribution in [1.82, 2.24) is 9.97 Å². The van der Waals surface area contributed by atoms with Crippen LogP contribution in [0.5, 0.6) is 0 Å². The highest BCUT2D eigenvalue weighted by Crippen LogP contribution is 2.26. The third-order valence-corrected chi connectivity index (χ3v) is 5.76. The van der Waals surface area contributed by atoms with E-state index in [1.165, 1.54) is 37.1 Å². The third-order valence-electron chi connectivity index (χ3n) is 5.76. The molecule has 7 heteroatoms. The molecule has 1 fully saturated rings. The van der Waals surface area contributed by atoms with Gasteiger partial charge in [0.2, 0.25) is 5.95 Å². The first kappa shape index (κ1) is 20.9. The van der Waals surface area contributed by atoms with Crippen LogP contribution in [-0.2, 0) is 6.54 Å². The SMILES string of the molecule is O=C(Nc1ccc(CNc2nc(N3CCCC3)nc3ccccc23)cc1)c1ccc(F)cc1. The predicted molar refractivity (Wildman–Crippen MR) is 129 cm³/mol. The molecule has 0 unspecified atom stereocenters. The molecule has 1 aliphatic rings. The number of nitrogens with one attached hydrogen (secondary N) is 2. The molecule has 1 aromatic heterocycles. The minimum Gasteiger partial charge on any atom is -0.365 e. The topological polar surface area (TPSA) is 70.2 Å². The number of carbonyl (C=O) groups is 1. The molecule has 166 valence electrons. The Morgan fingerprint density at radius 2 is 1.64 bits per heavy atom. The first-order valence-corrected chi connectivity index (χ1v) is 11.1. The Morgan fingerprint density at radius 3 is 2.39 bits per heavy atom. The lowest BCUT2D eigenvalue weighted by Gasteiger charge is -2.18. The van der Waals surface area contributed by atoms with Crippen LogP contribution in [0.2, 0.25) is 0 Å². The van der Waals surface area contributed by atoms with E-state index >= 15 is 0 Å². The Bertz CT molecular complexity index is 1270. The molecular formula is C26H24FN5O. The molecule has 0 saturated carbocycles. The number of benzene rings is 3. The lowest BCUT2D eigenvalue weighted by molar-refractivity contribution is 0.102. The number of anilines is 3. The van der Waals surface area contributed by atoms with Crippen LogP contribution in [0.1, 0.15) is 28.8 Å². The van der Waals surface area contributed by atoms with E-state index in [1.807, 2.05) is 48.5 Å². The number of halogens is 1. The number of aromatic nitrogens is 2. The van der Waals surface area contributed by atoms with Crippen LogP contribution < -0.4 is 15.5 Å². The Morgan fingerprint density at radius 1 is 0.909 bits per heavy atom. The van der Waals surface area contributed by atoms with Crippen LogP contribution in [0.3, 0.4) is 0 Å². The quantitative estimate of drug-likeness (QED) is 0.429. The van der Waals surface area contributed by atoms with Crippen LogP contribution in [0.4, 0.5) is 21.8 Å². The minimum atomic E-state index is -0.368. The second-order valence-corrected chi connectivity index (χ2v) is 8.10. The van der Waals surface area contributed by atoms with Crippen molar-refractivity contribution in [2.45, 2.75) is 19.4 Å². The van der Waals surface area contributed by atoms with Gasteiger partial charge >= 0.3 is 0 Å². The van der Waals surface area contributed by atoms with E-state index in [2.05, 4.69) is 15.5 Å². The fourth-order valence-electron chi connectivity index (χ4n) is 3.95. The van der Waals surface area contributed by atoms with Gasteiger partial charge in [-0.2, -0.15) is 4.98 Å². The van der Waals surface area contributed by atoms with Crippen molar-refractivity contribution in [3.8, 4) is 0 Å². The van der Waals surface area contributed by atoms with E-state index in [4.69, 9.17) is 9.97 Å². The van der Waals surface area contributed by atoms with Crippen molar-refractivity contribution in [3.63, 3.8) is 0 Å². The summed E-state index contributed by atoms with van der Waals surface area (Å²) in [7, 11) is 0. The minimum absolute atomic E-state index is 0.275. The lowest BCUT2D eigenvalue weighted by Crippen LogP contribution is -2.21. The van der Waals surface area contributed by atoms with Gasteiger partial charge in [-0.15, -0.1) is 0 Å². The van der Waals surface area contributed by atoms with Gasteiger partial charge in [-0.25, -0.2) is 9.37 Å². The van der Waals surface area contributed by atoms with Gasteiger partial charge in [0.25, 0.3) is 5.91 Å². The highest BCUT2D eigenvalue weighted by molar-refractivity contribution is 6.04. The highest BCUT2D eigenvalue weighted by Gasteiger charge is 2.17. The van der Waals surface area contributed by atoms with Crippen LogP contribution in [0.15, 0.2) is 72.8 Å². The van der Waals surface area contributed by atoms with Gasteiger partial charge in [0.05, 0.1) is 5.52 Å². The molecule has 0 radical (unpaired) electrons. The molecule has 6 nitrogen and oxygen atoms in total. The Hall–Kier alpha value is -4.00. The van der Waals surface area contributed by atoms with Crippen LogP contribution in [0, 0.1) is 5.82 Å². The standard InChI is InChI=1S/C26H24FN5O/c27-20-11-9-19(10-12-20)25(33)29-21-13-7-18(8-14-21)17-28-24-22-5-1-2-6-23(22)30-26(31-24)32-15-3-4-16-32/h1-2,5-14H,3-4,15-17H2,(H,29,33)(H,28,30,31). The summed E-state index contributed by atoms with van der Waals surface area (Å²) < 4.78 is 13.1. The summed E-state index contributed by atoms with van der Waals surface area (Å²) in [6.45, 7) is 2.57. The molecule has 0 atom stereocenters. The van der Waals surface area contributed by atoms with Gasteiger partial charge in [0.15, 0.2) is 0 Å².